The molecule has 4 N–H and O–H groups in total. The van der Waals surface area contributed by atoms with Crippen molar-refractivity contribution in [2.75, 3.05) is 23.7 Å². The molecule has 8 heteroatoms. The van der Waals surface area contributed by atoms with Crippen LogP contribution < -0.4 is 10.6 Å². The van der Waals surface area contributed by atoms with E-state index in [1.807, 2.05) is 0 Å². The van der Waals surface area contributed by atoms with Gasteiger partial charge in [-0.3, -0.25) is 19.2 Å². The monoisotopic (exact) mass is 382 g/mol. The standard InChI is InChI=1S/C20H18N2O6/c23-17(24)5-7-21-11-1-3-13-15(9-11)20(28)14-4-2-12(10-16(14)19(13)27)22-8-6-18(25)26/h1-4,9-10,21-22H,5-8H2,(H,23,24)(H,25,26). The van der Waals surface area contributed by atoms with E-state index < -0.39 is 11.9 Å². The van der Waals surface area contributed by atoms with Crippen molar-refractivity contribution in [1.82, 2.24) is 0 Å². The van der Waals surface area contributed by atoms with Crippen LogP contribution in [0.15, 0.2) is 36.4 Å². The van der Waals surface area contributed by atoms with E-state index in [-0.39, 0.29) is 59.8 Å². The van der Waals surface area contributed by atoms with Gasteiger partial charge in [0.1, 0.15) is 0 Å². The lowest BCUT2D eigenvalue weighted by Crippen LogP contribution is -2.21. The Labute approximate surface area is 160 Å². The summed E-state index contributed by atoms with van der Waals surface area (Å²) in [6.07, 6.45) is -0.130. The number of rotatable bonds is 8. The first-order valence-electron chi connectivity index (χ1n) is 8.65. The van der Waals surface area contributed by atoms with Gasteiger partial charge in [-0.25, -0.2) is 0 Å². The van der Waals surface area contributed by atoms with Crippen LogP contribution in [0, 0.1) is 0 Å². The molecule has 0 aromatic heterocycles. The molecule has 0 aliphatic heterocycles. The number of hydrogen-bond acceptors (Lipinski definition) is 6. The van der Waals surface area contributed by atoms with Crippen LogP contribution in [0.3, 0.4) is 0 Å². The number of fused-ring (bicyclic) bond motifs is 2. The van der Waals surface area contributed by atoms with Gasteiger partial charge in [-0.2, -0.15) is 0 Å². The molecule has 1 aliphatic rings. The van der Waals surface area contributed by atoms with Gasteiger partial charge in [-0.15, -0.1) is 0 Å². The second-order valence-corrected chi connectivity index (χ2v) is 6.32. The zero-order valence-electron chi connectivity index (χ0n) is 14.8. The lowest BCUT2D eigenvalue weighted by atomic mass is 9.83. The summed E-state index contributed by atoms with van der Waals surface area (Å²) in [5.74, 6) is -2.44. The zero-order chi connectivity index (χ0) is 20.3. The largest absolute Gasteiger partial charge is 0.481 e. The fraction of sp³-hybridized carbons (Fsp3) is 0.200. The number of carbonyl (C=O) groups excluding carboxylic acids is 2. The normalized spacial score (nSPS) is 12.1. The molecule has 0 saturated carbocycles. The van der Waals surface area contributed by atoms with Crippen LogP contribution in [-0.2, 0) is 9.59 Å². The Hall–Kier alpha value is -3.68. The average molecular weight is 382 g/mol. The minimum absolute atomic E-state index is 0.0650. The number of benzene rings is 2. The topological polar surface area (TPSA) is 133 Å². The summed E-state index contributed by atoms with van der Waals surface area (Å²) in [4.78, 5) is 46.9. The van der Waals surface area contributed by atoms with Crippen molar-refractivity contribution in [1.29, 1.82) is 0 Å². The lowest BCUT2D eigenvalue weighted by molar-refractivity contribution is -0.137. The molecule has 0 unspecified atom stereocenters. The fourth-order valence-electron chi connectivity index (χ4n) is 3.00. The number of anilines is 2. The summed E-state index contributed by atoms with van der Waals surface area (Å²) >= 11 is 0. The second-order valence-electron chi connectivity index (χ2n) is 6.32. The smallest absolute Gasteiger partial charge is 0.305 e. The molecule has 2 aromatic rings. The van der Waals surface area contributed by atoms with Crippen LogP contribution in [0.1, 0.15) is 44.7 Å². The van der Waals surface area contributed by atoms with Gasteiger partial charge in [0.05, 0.1) is 12.8 Å². The second kappa shape index (κ2) is 7.91. The molecule has 1 aliphatic carbocycles. The van der Waals surface area contributed by atoms with Crippen LogP contribution in [0.25, 0.3) is 0 Å². The fourth-order valence-corrected chi connectivity index (χ4v) is 3.00. The average Bonchev–Trinajstić information content (AvgIpc) is 2.65. The van der Waals surface area contributed by atoms with E-state index in [4.69, 9.17) is 10.2 Å². The molecular weight excluding hydrogens is 364 g/mol. The molecule has 2 aromatic carbocycles. The molecule has 0 fully saturated rings. The number of nitrogens with one attached hydrogen (secondary N) is 2. The van der Waals surface area contributed by atoms with Gasteiger partial charge in [0.15, 0.2) is 11.6 Å². The Bertz CT molecular complexity index is 903. The minimum atomic E-state index is -0.932. The van der Waals surface area contributed by atoms with Crippen molar-refractivity contribution in [3.63, 3.8) is 0 Å². The molecule has 0 atom stereocenters. The van der Waals surface area contributed by atoms with Gasteiger partial charge >= 0.3 is 11.9 Å². The van der Waals surface area contributed by atoms with Crippen molar-refractivity contribution in [3.8, 4) is 0 Å². The number of hydrogen-bond donors (Lipinski definition) is 4. The minimum Gasteiger partial charge on any atom is -0.481 e. The molecule has 0 heterocycles. The van der Waals surface area contributed by atoms with E-state index >= 15 is 0 Å². The first-order chi connectivity index (χ1) is 13.4. The van der Waals surface area contributed by atoms with Crippen LogP contribution in [0.4, 0.5) is 11.4 Å². The molecule has 0 saturated heterocycles. The summed E-state index contributed by atoms with van der Waals surface area (Å²) in [6.45, 7) is 0.413. The molecule has 3 rings (SSSR count). The quantitative estimate of drug-likeness (QED) is 0.466. The van der Waals surface area contributed by atoms with Gasteiger partial charge in [-0.05, 0) is 36.4 Å². The Balaban J connectivity index is 1.83. The molecular formula is C20H18N2O6. The highest BCUT2D eigenvalue weighted by Gasteiger charge is 2.30. The van der Waals surface area contributed by atoms with Crippen molar-refractivity contribution < 1.29 is 29.4 Å². The van der Waals surface area contributed by atoms with Crippen LogP contribution in [0.5, 0.6) is 0 Å². The maximum absolute atomic E-state index is 12.8. The van der Waals surface area contributed by atoms with E-state index in [0.29, 0.717) is 11.4 Å². The first-order valence-corrected chi connectivity index (χ1v) is 8.65. The highest BCUT2D eigenvalue weighted by atomic mass is 16.4. The summed E-state index contributed by atoms with van der Waals surface area (Å²) < 4.78 is 0. The van der Waals surface area contributed by atoms with E-state index in [0.717, 1.165) is 0 Å². The Morgan fingerprint density at radius 1 is 0.679 bits per heavy atom. The van der Waals surface area contributed by atoms with Crippen molar-refractivity contribution in [3.05, 3.63) is 58.7 Å². The van der Waals surface area contributed by atoms with Gasteiger partial charge in [0.25, 0.3) is 0 Å². The number of ketones is 2. The van der Waals surface area contributed by atoms with Crippen LogP contribution in [-0.4, -0.2) is 46.8 Å². The maximum atomic E-state index is 12.8. The van der Waals surface area contributed by atoms with Gasteiger partial charge in [0.2, 0.25) is 0 Å². The maximum Gasteiger partial charge on any atom is 0.305 e. The van der Waals surface area contributed by atoms with Gasteiger partial charge in [-0.1, -0.05) is 0 Å². The highest BCUT2D eigenvalue weighted by molar-refractivity contribution is 6.28. The predicted octanol–water partition coefficient (Wildman–Crippen LogP) is 2.24. The third kappa shape index (κ3) is 4.01. The first kappa shape index (κ1) is 19.1. The van der Waals surface area contributed by atoms with E-state index in [1.165, 1.54) is 0 Å². The third-order valence-corrected chi connectivity index (χ3v) is 4.35. The summed E-state index contributed by atoms with van der Waals surface area (Å²) in [5.41, 5.74) is 2.23. The van der Waals surface area contributed by atoms with Crippen molar-refractivity contribution in [2.24, 2.45) is 0 Å². The number of aliphatic carboxylic acids is 2. The highest BCUT2D eigenvalue weighted by Crippen LogP contribution is 2.30. The van der Waals surface area contributed by atoms with E-state index in [1.54, 1.807) is 36.4 Å². The molecule has 0 bridgehead atoms. The van der Waals surface area contributed by atoms with Crippen LogP contribution in [0.2, 0.25) is 0 Å². The molecule has 28 heavy (non-hydrogen) atoms. The predicted molar refractivity (Wildman–Crippen MR) is 101 cm³/mol. The third-order valence-electron chi connectivity index (χ3n) is 4.35. The summed E-state index contributed by atoms with van der Waals surface area (Å²) in [5, 5.41) is 23.2. The molecule has 0 amide bonds. The van der Waals surface area contributed by atoms with Crippen molar-refractivity contribution >= 4 is 34.9 Å². The van der Waals surface area contributed by atoms with Gasteiger partial charge < -0.3 is 20.8 Å². The van der Waals surface area contributed by atoms with E-state index in [9.17, 15) is 19.2 Å². The van der Waals surface area contributed by atoms with E-state index in [2.05, 4.69) is 10.6 Å². The Morgan fingerprint density at radius 2 is 1.07 bits per heavy atom. The number of carboxylic acid groups (broad SMARTS) is 2. The molecule has 144 valence electrons. The number of carboxylic acids is 2. The summed E-state index contributed by atoms with van der Waals surface area (Å²) in [7, 11) is 0. The molecule has 0 spiro atoms. The Kier molecular flexibility index (Phi) is 5.39. The SMILES string of the molecule is O=C(O)CCNc1ccc2c(c1)C(=O)c1ccc(NCCC(=O)O)cc1C2=O. The Morgan fingerprint density at radius 3 is 1.43 bits per heavy atom. The van der Waals surface area contributed by atoms with Crippen molar-refractivity contribution in [2.45, 2.75) is 12.8 Å². The van der Waals surface area contributed by atoms with Crippen LogP contribution >= 0.6 is 0 Å². The molecule has 8 nitrogen and oxygen atoms in total. The molecule has 0 radical (unpaired) electrons. The zero-order valence-corrected chi connectivity index (χ0v) is 14.8. The number of carbonyl (C=O) groups is 4. The lowest BCUT2D eigenvalue weighted by Gasteiger charge is -2.19. The van der Waals surface area contributed by atoms with Gasteiger partial charge in [0, 0.05) is 46.7 Å². The summed E-state index contributed by atoms with van der Waals surface area (Å²) in [6, 6.07) is 9.47.